The highest BCUT2D eigenvalue weighted by molar-refractivity contribution is 5.74. The molecule has 1 heterocycles. The lowest BCUT2D eigenvalue weighted by molar-refractivity contribution is -0.384. The number of anilines is 1. The van der Waals surface area contributed by atoms with Crippen LogP contribution in [0.1, 0.15) is 19.4 Å². The van der Waals surface area contributed by atoms with Crippen LogP contribution in [0.5, 0.6) is 0 Å². The predicted molar refractivity (Wildman–Crippen MR) is 71.5 cm³/mol. The number of nitrogen functional groups attached to an aromatic ring is 1. The van der Waals surface area contributed by atoms with Crippen molar-refractivity contribution in [3.63, 3.8) is 0 Å². The molecule has 0 spiro atoms. The summed E-state index contributed by atoms with van der Waals surface area (Å²) in [5.41, 5.74) is 6.90. The lowest BCUT2D eigenvalue weighted by Crippen LogP contribution is -2.00. The summed E-state index contributed by atoms with van der Waals surface area (Å²) in [4.78, 5) is 10.6. The van der Waals surface area contributed by atoms with Gasteiger partial charge in [-0.1, -0.05) is 31.1 Å². The molecule has 0 atom stereocenters. The van der Waals surface area contributed by atoms with Crippen LogP contribution >= 0.6 is 0 Å². The zero-order valence-corrected chi connectivity index (χ0v) is 10.8. The number of aromatic nitrogens is 1. The summed E-state index contributed by atoms with van der Waals surface area (Å²) in [5.74, 6) is 1.03. The fraction of sp³-hybridized carbons (Fsp3) is 0.308. The van der Waals surface area contributed by atoms with E-state index in [1.807, 2.05) is 13.8 Å². The van der Waals surface area contributed by atoms with E-state index in [1.54, 1.807) is 18.2 Å². The van der Waals surface area contributed by atoms with Crippen molar-refractivity contribution in [3.8, 4) is 11.3 Å². The minimum atomic E-state index is -0.437. The molecule has 0 aliphatic rings. The molecule has 0 saturated heterocycles. The van der Waals surface area contributed by atoms with Crippen LogP contribution in [0.3, 0.4) is 0 Å². The van der Waals surface area contributed by atoms with Gasteiger partial charge in [0.05, 0.1) is 10.5 Å². The van der Waals surface area contributed by atoms with E-state index >= 15 is 0 Å². The van der Waals surface area contributed by atoms with Crippen molar-refractivity contribution >= 4 is 11.5 Å². The number of nitro groups is 1. The molecule has 0 bridgehead atoms. The molecule has 19 heavy (non-hydrogen) atoms. The first-order chi connectivity index (χ1) is 9.00. The van der Waals surface area contributed by atoms with E-state index in [4.69, 9.17) is 10.3 Å². The molecule has 0 radical (unpaired) electrons. The number of benzene rings is 1. The molecule has 1 aromatic heterocycles. The monoisotopic (exact) mass is 261 g/mol. The molecule has 6 heteroatoms. The van der Waals surface area contributed by atoms with Gasteiger partial charge in [0.1, 0.15) is 0 Å². The number of nitrogens with zero attached hydrogens (tertiary/aromatic N) is 2. The van der Waals surface area contributed by atoms with Gasteiger partial charge in [0.2, 0.25) is 0 Å². The van der Waals surface area contributed by atoms with Crippen LogP contribution in [-0.2, 0) is 6.42 Å². The van der Waals surface area contributed by atoms with Gasteiger partial charge in [-0.15, -0.1) is 0 Å². The fourth-order valence-electron chi connectivity index (χ4n) is 1.96. The molecule has 1 aromatic carbocycles. The van der Waals surface area contributed by atoms with Crippen molar-refractivity contribution in [3.05, 3.63) is 39.9 Å². The van der Waals surface area contributed by atoms with E-state index < -0.39 is 4.92 Å². The summed E-state index contributed by atoms with van der Waals surface area (Å²) in [6, 6.07) is 6.42. The largest absolute Gasteiger partial charge is 0.381 e. The summed E-state index contributed by atoms with van der Waals surface area (Å²) in [6.45, 7) is 4.07. The summed E-state index contributed by atoms with van der Waals surface area (Å²) in [7, 11) is 0. The van der Waals surface area contributed by atoms with E-state index in [9.17, 15) is 10.1 Å². The Kier molecular flexibility index (Phi) is 3.50. The summed E-state index contributed by atoms with van der Waals surface area (Å²) >= 11 is 0. The standard InChI is InChI=1S/C13H15N3O3/c1-8(2)7-10-12(19-15-13(10)14)9-5-3-4-6-11(9)16(17)18/h3-6,8H,7H2,1-2H3,(H2,14,15). The van der Waals surface area contributed by atoms with Crippen LogP contribution in [-0.4, -0.2) is 10.1 Å². The van der Waals surface area contributed by atoms with E-state index in [0.717, 1.165) is 5.56 Å². The van der Waals surface area contributed by atoms with Gasteiger partial charge >= 0.3 is 0 Å². The molecule has 0 unspecified atom stereocenters. The first kappa shape index (κ1) is 13.1. The maximum atomic E-state index is 11.0. The van der Waals surface area contributed by atoms with Crippen molar-refractivity contribution in [2.24, 2.45) is 5.92 Å². The van der Waals surface area contributed by atoms with Gasteiger partial charge < -0.3 is 10.3 Å². The average molecular weight is 261 g/mol. The molecule has 2 rings (SSSR count). The third-order valence-corrected chi connectivity index (χ3v) is 2.78. The van der Waals surface area contributed by atoms with E-state index in [-0.39, 0.29) is 5.69 Å². The maximum absolute atomic E-state index is 11.0. The third kappa shape index (κ3) is 2.57. The number of rotatable bonds is 4. The SMILES string of the molecule is CC(C)Cc1c(N)noc1-c1ccccc1[N+](=O)[O-]. The number of nitro benzene ring substituents is 1. The number of hydrogen-bond acceptors (Lipinski definition) is 5. The van der Waals surface area contributed by atoms with Gasteiger partial charge in [0, 0.05) is 11.6 Å². The normalized spacial score (nSPS) is 10.9. The van der Waals surface area contributed by atoms with Gasteiger partial charge in [-0.3, -0.25) is 10.1 Å². The van der Waals surface area contributed by atoms with Crippen LogP contribution in [0.25, 0.3) is 11.3 Å². The van der Waals surface area contributed by atoms with Crippen LogP contribution < -0.4 is 5.73 Å². The topological polar surface area (TPSA) is 95.2 Å². The molecule has 2 aromatic rings. The smallest absolute Gasteiger partial charge is 0.280 e. The van der Waals surface area contributed by atoms with Crippen molar-refractivity contribution in [2.75, 3.05) is 5.73 Å². The molecule has 2 N–H and O–H groups in total. The molecule has 0 amide bonds. The van der Waals surface area contributed by atoms with Crippen molar-refractivity contribution in [2.45, 2.75) is 20.3 Å². The van der Waals surface area contributed by atoms with Crippen molar-refractivity contribution in [1.29, 1.82) is 0 Å². The lowest BCUT2D eigenvalue weighted by Gasteiger charge is -2.05. The second-order valence-corrected chi connectivity index (χ2v) is 4.75. The van der Waals surface area contributed by atoms with E-state index in [0.29, 0.717) is 29.5 Å². The Morgan fingerprint density at radius 1 is 1.42 bits per heavy atom. The zero-order chi connectivity index (χ0) is 14.0. The maximum Gasteiger partial charge on any atom is 0.280 e. The summed E-state index contributed by atoms with van der Waals surface area (Å²) in [6.07, 6.45) is 0.663. The first-order valence-corrected chi connectivity index (χ1v) is 5.98. The first-order valence-electron chi connectivity index (χ1n) is 5.98. The zero-order valence-electron chi connectivity index (χ0n) is 10.8. The van der Waals surface area contributed by atoms with Gasteiger partial charge in [0.15, 0.2) is 11.6 Å². The lowest BCUT2D eigenvalue weighted by atomic mass is 9.99. The second kappa shape index (κ2) is 5.09. The van der Waals surface area contributed by atoms with Crippen LogP contribution in [0.4, 0.5) is 11.5 Å². The predicted octanol–water partition coefficient (Wildman–Crippen LogP) is 3.03. The second-order valence-electron chi connectivity index (χ2n) is 4.75. The fourth-order valence-corrected chi connectivity index (χ4v) is 1.96. The van der Waals surface area contributed by atoms with Crippen molar-refractivity contribution in [1.82, 2.24) is 5.16 Å². The molecule has 0 saturated carbocycles. The van der Waals surface area contributed by atoms with Crippen LogP contribution in [0, 0.1) is 16.0 Å². The van der Waals surface area contributed by atoms with Crippen LogP contribution in [0.15, 0.2) is 28.8 Å². The van der Waals surface area contributed by atoms with Gasteiger partial charge in [0.25, 0.3) is 5.69 Å². The average Bonchev–Trinajstić information content (AvgIpc) is 2.70. The molecule has 0 aliphatic heterocycles. The highest BCUT2D eigenvalue weighted by Gasteiger charge is 2.23. The minimum absolute atomic E-state index is 0.0105. The van der Waals surface area contributed by atoms with Gasteiger partial charge in [-0.05, 0) is 18.4 Å². The van der Waals surface area contributed by atoms with Crippen molar-refractivity contribution < 1.29 is 9.45 Å². The van der Waals surface area contributed by atoms with Crippen LogP contribution in [0.2, 0.25) is 0 Å². The minimum Gasteiger partial charge on any atom is -0.381 e. The van der Waals surface area contributed by atoms with Gasteiger partial charge in [-0.25, -0.2) is 0 Å². The van der Waals surface area contributed by atoms with E-state index in [2.05, 4.69) is 5.16 Å². The van der Waals surface area contributed by atoms with Gasteiger partial charge in [-0.2, -0.15) is 0 Å². The number of para-hydroxylation sites is 1. The summed E-state index contributed by atoms with van der Waals surface area (Å²) < 4.78 is 5.19. The Morgan fingerprint density at radius 2 is 2.11 bits per heavy atom. The highest BCUT2D eigenvalue weighted by Crippen LogP contribution is 2.35. The Morgan fingerprint density at radius 3 is 2.74 bits per heavy atom. The number of nitrogens with two attached hydrogens (primary N) is 1. The number of hydrogen-bond donors (Lipinski definition) is 1. The van der Waals surface area contributed by atoms with E-state index in [1.165, 1.54) is 6.07 Å². The Balaban J connectivity index is 2.56. The molecule has 0 aliphatic carbocycles. The Labute approximate surface area is 110 Å². The highest BCUT2D eigenvalue weighted by atomic mass is 16.6. The Bertz CT molecular complexity index is 605. The molecule has 0 fully saturated rings. The third-order valence-electron chi connectivity index (χ3n) is 2.78. The molecule has 100 valence electrons. The summed E-state index contributed by atoms with van der Waals surface area (Å²) in [5, 5.41) is 14.8. The molecular formula is C13H15N3O3. The Hall–Kier alpha value is -2.37. The quantitative estimate of drug-likeness (QED) is 0.674. The molecular weight excluding hydrogens is 246 g/mol. The molecule has 6 nitrogen and oxygen atoms in total.